The van der Waals surface area contributed by atoms with Crippen molar-refractivity contribution in [1.82, 2.24) is 4.98 Å². The average molecular weight is 360 g/mol. The van der Waals surface area contributed by atoms with Crippen molar-refractivity contribution in [3.05, 3.63) is 77.1 Å². The Labute approximate surface area is 145 Å². The van der Waals surface area contributed by atoms with Gasteiger partial charge in [0.05, 0.1) is 4.92 Å². The van der Waals surface area contributed by atoms with Gasteiger partial charge in [0.2, 0.25) is 0 Å². The first kappa shape index (κ1) is 17.4. The fourth-order valence-electron chi connectivity index (χ4n) is 2.54. The van der Waals surface area contributed by atoms with Crippen LogP contribution in [0.25, 0.3) is 22.3 Å². The summed E-state index contributed by atoms with van der Waals surface area (Å²) in [5.41, 5.74) is 1.27. The van der Waals surface area contributed by atoms with Gasteiger partial charge in [-0.2, -0.15) is 0 Å². The summed E-state index contributed by atoms with van der Waals surface area (Å²) in [7, 11) is 0. The summed E-state index contributed by atoms with van der Waals surface area (Å²) in [6.45, 7) is 0. The van der Waals surface area contributed by atoms with Crippen LogP contribution in [0, 0.1) is 10.1 Å². The van der Waals surface area contributed by atoms with Gasteiger partial charge >= 0.3 is 6.36 Å². The molecule has 0 fully saturated rings. The molecule has 0 atom stereocenters. The lowest BCUT2D eigenvalue weighted by atomic mass is 9.94. The van der Waals surface area contributed by atoms with E-state index in [9.17, 15) is 23.3 Å². The van der Waals surface area contributed by atoms with E-state index in [1.165, 1.54) is 48.8 Å². The van der Waals surface area contributed by atoms with Crippen LogP contribution in [-0.2, 0) is 0 Å². The fourth-order valence-corrected chi connectivity index (χ4v) is 2.54. The van der Waals surface area contributed by atoms with Crippen molar-refractivity contribution < 1.29 is 22.8 Å². The molecule has 132 valence electrons. The predicted molar refractivity (Wildman–Crippen MR) is 88.4 cm³/mol. The average Bonchev–Trinajstić information content (AvgIpc) is 2.61. The van der Waals surface area contributed by atoms with E-state index in [2.05, 4.69) is 9.72 Å². The Bertz CT molecular complexity index is 944. The van der Waals surface area contributed by atoms with Crippen molar-refractivity contribution in [3.63, 3.8) is 0 Å². The van der Waals surface area contributed by atoms with Crippen molar-refractivity contribution >= 4 is 5.69 Å². The monoisotopic (exact) mass is 360 g/mol. The highest BCUT2D eigenvalue weighted by molar-refractivity contribution is 5.87. The predicted octanol–water partition coefficient (Wildman–Crippen LogP) is 5.22. The number of nitro groups is 1. The Morgan fingerprint density at radius 2 is 1.73 bits per heavy atom. The lowest BCUT2D eigenvalue weighted by Crippen LogP contribution is -2.17. The maximum Gasteiger partial charge on any atom is 0.573 e. The van der Waals surface area contributed by atoms with Crippen LogP contribution in [0.5, 0.6) is 5.75 Å². The van der Waals surface area contributed by atoms with Gasteiger partial charge in [0.1, 0.15) is 5.75 Å². The maximum atomic E-state index is 12.7. The third-order valence-electron chi connectivity index (χ3n) is 3.59. The van der Waals surface area contributed by atoms with Gasteiger partial charge in [-0.15, -0.1) is 13.2 Å². The Hall–Kier alpha value is -3.42. The normalized spacial score (nSPS) is 11.2. The molecule has 0 N–H and O–H groups in total. The molecular weight excluding hydrogens is 349 g/mol. The molecule has 0 saturated carbocycles. The van der Waals surface area contributed by atoms with Crippen LogP contribution in [0.15, 0.2) is 67.0 Å². The van der Waals surface area contributed by atoms with Gasteiger partial charge < -0.3 is 4.74 Å². The Morgan fingerprint density at radius 1 is 0.962 bits per heavy atom. The van der Waals surface area contributed by atoms with Crippen LogP contribution in [0.4, 0.5) is 18.9 Å². The highest BCUT2D eigenvalue weighted by Gasteiger charge is 2.32. The van der Waals surface area contributed by atoms with E-state index in [1.807, 2.05) is 0 Å². The van der Waals surface area contributed by atoms with E-state index in [0.717, 1.165) is 0 Å². The number of nitro benzene ring substituents is 1. The molecule has 0 aliphatic carbocycles. The number of non-ortho nitro benzene ring substituents is 1. The molecule has 0 saturated heterocycles. The highest BCUT2D eigenvalue weighted by Crippen LogP contribution is 2.40. The summed E-state index contributed by atoms with van der Waals surface area (Å²) in [6.07, 6.45) is -1.84. The number of pyridine rings is 1. The minimum Gasteiger partial charge on any atom is -0.405 e. The molecule has 0 radical (unpaired) electrons. The van der Waals surface area contributed by atoms with Crippen molar-refractivity contribution in [2.45, 2.75) is 6.36 Å². The minimum absolute atomic E-state index is 0.165. The van der Waals surface area contributed by atoms with Gasteiger partial charge in [0, 0.05) is 35.7 Å². The second-order valence-electron chi connectivity index (χ2n) is 5.27. The maximum absolute atomic E-state index is 12.7. The molecule has 3 rings (SSSR count). The Balaban J connectivity index is 2.22. The summed E-state index contributed by atoms with van der Waals surface area (Å²) >= 11 is 0. The molecule has 3 aromatic rings. The number of rotatable bonds is 4. The number of ether oxygens (including phenoxy) is 1. The van der Waals surface area contributed by atoms with E-state index in [-0.39, 0.29) is 17.0 Å². The Kier molecular flexibility index (Phi) is 4.57. The van der Waals surface area contributed by atoms with Crippen molar-refractivity contribution in [2.24, 2.45) is 0 Å². The van der Waals surface area contributed by atoms with Crippen molar-refractivity contribution in [1.29, 1.82) is 0 Å². The number of halogens is 3. The van der Waals surface area contributed by atoms with Gasteiger partial charge in [-0.3, -0.25) is 15.1 Å². The van der Waals surface area contributed by atoms with E-state index < -0.39 is 11.3 Å². The summed E-state index contributed by atoms with van der Waals surface area (Å²) in [4.78, 5) is 14.5. The van der Waals surface area contributed by atoms with Crippen LogP contribution in [-0.4, -0.2) is 16.3 Å². The van der Waals surface area contributed by atoms with Gasteiger partial charge in [-0.1, -0.05) is 24.3 Å². The van der Waals surface area contributed by atoms with Crippen LogP contribution < -0.4 is 4.74 Å². The largest absolute Gasteiger partial charge is 0.573 e. The molecule has 0 aliphatic rings. The smallest absolute Gasteiger partial charge is 0.405 e. The Morgan fingerprint density at radius 3 is 2.38 bits per heavy atom. The number of nitrogens with zero attached hydrogens (tertiary/aromatic N) is 2. The van der Waals surface area contributed by atoms with Crippen LogP contribution in [0.2, 0.25) is 0 Å². The van der Waals surface area contributed by atoms with Crippen LogP contribution in [0.3, 0.4) is 0 Å². The summed E-state index contributed by atoms with van der Waals surface area (Å²) in [5.74, 6) is -0.390. The molecule has 1 aromatic heterocycles. The van der Waals surface area contributed by atoms with Gasteiger partial charge in [0.25, 0.3) is 5.69 Å². The third-order valence-corrected chi connectivity index (χ3v) is 3.59. The summed E-state index contributed by atoms with van der Waals surface area (Å²) in [5, 5.41) is 11.1. The molecule has 0 unspecified atom stereocenters. The standard InChI is InChI=1S/C18H11F3N2O3/c19-18(20,21)26-17-6-2-1-5-15(17)14-8-7-13(23(24)25)10-16(14)12-4-3-9-22-11-12/h1-11H. The topological polar surface area (TPSA) is 65.3 Å². The van der Waals surface area contributed by atoms with Crippen molar-refractivity contribution in [2.75, 3.05) is 0 Å². The fraction of sp³-hybridized carbons (Fsp3) is 0.0556. The zero-order valence-corrected chi connectivity index (χ0v) is 13.1. The third kappa shape index (κ3) is 3.80. The second kappa shape index (κ2) is 6.83. The van der Waals surface area contributed by atoms with Gasteiger partial charge in [-0.05, 0) is 29.3 Å². The second-order valence-corrected chi connectivity index (χ2v) is 5.27. The molecule has 0 aliphatic heterocycles. The summed E-state index contributed by atoms with van der Waals surface area (Å²) < 4.78 is 42.2. The first-order chi connectivity index (χ1) is 12.3. The number of benzene rings is 2. The lowest BCUT2D eigenvalue weighted by molar-refractivity contribution is -0.384. The van der Waals surface area contributed by atoms with Gasteiger partial charge in [-0.25, -0.2) is 0 Å². The molecule has 2 aromatic carbocycles. The number of alkyl halides is 3. The first-order valence-electron chi connectivity index (χ1n) is 7.39. The zero-order valence-electron chi connectivity index (χ0n) is 13.1. The zero-order chi connectivity index (χ0) is 18.7. The highest BCUT2D eigenvalue weighted by atomic mass is 19.4. The van der Waals surface area contributed by atoms with Gasteiger partial charge in [0.15, 0.2) is 0 Å². The molecule has 5 nitrogen and oxygen atoms in total. The van der Waals surface area contributed by atoms with E-state index >= 15 is 0 Å². The minimum atomic E-state index is -4.86. The van der Waals surface area contributed by atoms with Crippen molar-refractivity contribution in [3.8, 4) is 28.0 Å². The first-order valence-corrected chi connectivity index (χ1v) is 7.39. The number of hydrogen-bond donors (Lipinski definition) is 0. The quantitative estimate of drug-likeness (QED) is 0.472. The van der Waals surface area contributed by atoms with E-state index in [4.69, 9.17) is 0 Å². The summed E-state index contributed by atoms with van der Waals surface area (Å²) in [6, 6.07) is 12.9. The number of aromatic nitrogens is 1. The number of para-hydroxylation sites is 1. The SMILES string of the molecule is O=[N+]([O-])c1ccc(-c2ccccc2OC(F)(F)F)c(-c2cccnc2)c1. The molecule has 1 heterocycles. The molecule has 0 bridgehead atoms. The molecule has 26 heavy (non-hydrogen) atoms. The molecule has 8 heteroatoms. The van der Waals surface area contributed by atoms with E-state index in [0.29, 0.717) is 16.7 Å². The number of hydrogen-bond acceptors (Lipinski definition) is 4. The molecule has 0 spiro atoms. The van der Waals surface area contributed by atoms with Crippen LogP contribution >= 0.6 is 0 Å². The van der Waals surface area contributed by atoms with Crippen LogP contribution in [0.1, 0.15) is 0 Å². The molecule has 0 amide bonds. The lowest BCUT2D eigenvalue weighted by Gasteiger charge is -2.16. The molecular formula is C18H11F3N2O3. The van der Waals surface area contributed by atoms with E-state index in [1.54, 1.807) is 18.2 Å².